The number of aromatic nitrogens is 1. The van der Waals surface area contributed by atoms with Crippen molar-refractivity contribution in [2.75, 3.05) is 0 Å². The summed E-state index contributed by atoms with van der Waals surface area (Å²) >= 11 is 0. The van der Waals surface area contributed by atoms with Gasteiger partial charge >= 0.3 is 5.97 Å². The second kappa shape index (κ2) is 9.17. The molecule has 0 fully saturated rings. The first-order chi connectivity index (χ1) is 15.1. The smallest absolute Gasteiger partial charge is 0.326 e. The summed E-state index contributed by atoms with van der Waals surface area (Å²) in [5, 5.41) is 13.1. The van der Waals surface area contributed by atoms with Crippen LogP contribution < -0.4 is 10.1 Å². The fourth-order valence-corrected chi connectivity index (χ4v) is 3.42. The van der Waals surface area contributed by atoms with Crippen LogP contribution in [0.4, 0.5) is 0 Å². The summed E-state index contributed by atoms with van der Waals surface area (Å²) < 4.78 is 5.86. The quantitative estimate of drug-likeness (QED) is 0.404. The van der Waals surface area contributed by atoms with Crippen molar-refractivity contribution in [3.05, 3.63) is 102 Å². The number of fused-ring (bicyclic) bond motifs is 1. The van der Waals surface area contributed by atoms with Crippen LogP contribution in [0.1, 0.15) is 21.5 Å². The number of ether oxygens (including phenoxy) is 1. The molecule has 0 bridgehead atoms. The van der Waals surface area contributed by atoms with Crippen LogP contribution in [0.3, 0.4) is 0 Å². The standard InChI is InChI=1S/C25H22N2O4/c28-24(18-9-5-2-6-10-18)27-23(25(29)30)13-19-15-26-22-14-20(11-12-21(19)22)31-16-17-7-3-1-4-8-17/h1-12,14-15,23,26H,13,16H2,(H,27,28)(H,29,30)/t23-/m0/s1. The fraction of sp³-hybridized carbons (Fsp3) is 0.120. The molecule has 0 aliphatic heterocycles. The first-order valence-electron chi connectivity index (χ1n) is 9.95. The van der Waals surface area contributed by atoms with Crippen molar-refractivity contribution in [3.63, 3.8) is 0 Å². The number of rotatable bonds is 8. The normalized spacial score (nSPS) is 11.7. The lowest BCUT2D eigenvalue weighted by Gasteiger charge is -2.14. The molecule has 31 heavy (non-hydrogen) atoms. The van der Waals surface area contributed by atoms with E-state index in [0.29, 0.717) is 12.2 Å². The highest BCUT2D eigenvalue weighted by molar-refractivity contribution is 5.96. The number of carbonyl (C=O) groups excluding carboxylic acids is 1. The molecule has 4 rings (SSSR count). The Morgan fingerprint density at radius 2 is 1.68 bits per heavy atom. The van der Waals surface area contributed by atoms with Gasteiger partial charge < -0.3 is 20.1 Å². The van der Waals surface area contributed by atoms with Gasteiger partial charge in [0.2, 0.25) is 0 Å². The molecule has 0 saturated heterocycles. The maximum Gasteiger partial charge on any atom is 0.326 e. The molecule has 1 heterocycles. The molecule has 0 aliphatic carbocycles. The summed E-state index contributed by atoms with van der Waals surface area (Å²) in [5.74, 6) is -0.775. The average molecular weight is 414 g/mol. The molecule has 0 spiro atoms. The van der Waals surface area contributed by atoms with E-state index in [-0.39, 0.29) is 6.42 Å². The number of carboxylic acids is 1. The molecular weight excluding hydrogens is 392 g/mol. The summed E-state index contributed by atoms with van der Waals surface area (Å²) in [6.07, 6.45) is 1.94. The van der Waals surface area contributed by atoms with Gasteiger partial charge in [-0.2, -0.15) is 0 Å². The van der Waals surface area contributed by atoms with E-state index in [1.807, 2.05) is 48.5 Å². The van der Waals surface area contributed by atoms with Crippen molar-refractivity contribution in [1.29, 1.82) is 0 Å². The molecular formula is C25H22N2O4. The van der Waals surface area contributed by atoms with Crippen LogP contribution in [0, 0.1) is 0 Å². The third-order valence-corrected chi connectivity index (χ3v) is 5.05. The molecule has 0 radical (unpaired) electrons. The minimum atomic E-state index is -1.08. The lowest BCUT2D eigenvalue weighted by Crippen LogP contribution is -2.42. The summed E-state index contributed by atoms with van der Waals surface area (Å²) in [5.41, 5.74) is 3.16. The first-order valence-corrected chi connectivity index (χ1v) is 9.95. The van der Waals surface area contributed by atoms with Gasteiger partial charge in [-0.3, -0.25) is 4.79 Å². The SMILES string of the molecule is O=C(N[C@@H](Cc1c[nH]c2cc(OCc3ccccc3)ccc12)C(=O)O)c1ccccc1. The molecule has 6 heteroatoms. The number of amides is 1. The van der Waals surface area contributed by atoms with Gasteiger partial charge in [0.1, 0.15) is 18.4 Å². The Labute approximate surface area is 179 Å². The van der Waals surface area contributed by atoms with Gasteiger partial charge in [0, 0.05) is 35.2 Å². The van der Waals surface area contributed by atoms with E-state index >= 15 is 0 Å². The lowest BCUT2D eigenvalue weighted by molar-refractivity contribution is -0.139. The topological polar surface area (TPSA) is 91.4 Å². The van der Waals surface area contributed by atoms with Crippen molar-refractivity contribution in [2.45, 2.75) is 19.1 Å². The summed E-state index contributed by atoms with van der Waals surface area (Å²) in [4.78, 5) is 27.3. The highest BCUT2D eigenvalue weighted by Crippen LogP contribution is 2.25. The van der Waals surface area contributed by atoms with Gasteiger partial charge in [-0.25, -0.2) is 4.79 Å². The third kappa shape index (κ3) is 4.93. The highest BCUT2D eigenvalue weighted by atomic mass is 16.5. The average Bonchev–Trinajstić information content (AvgIpc) is 3.20. The number of carboxylic acid groups (broad SMARTS) is 1. The van der Waals surface area contributed by atoms with Gasteiger partial charge in [-0.05, 0) is 35.4 Å². The molecule has 1 atom stereocenters. The van der Waals surface area contributed by atoms with Crippen LogP contribution >= 0.6 is 0 Å². The Hall–Kier alpha value is -4.06. The zero-order valence-corrected chi connectivity index (χ0v) is 16.7. The number of H-pyrrole nitrogens is 1. The third-order valence-electron chi connectivity index (χ3n) is 5.05. The van der Waals surface area contributed by atoms with Crippen molar-refractivity contribution < 1.29 is 19.4 Å². The Morgan fingerprint density at radius 1 is 0.968 bits per heavy atom. The number of nitrogens with one attached hydrogen (secondary N) is 2. The molecule has 4 aromatic rings. The van der Waals surface area contributed by atoms with Crippen LogP contribution in [-0.2, 0) is 17.8 Å². The maximum absolute atomic E-state index is 12.4. The number of aliphatic carboxylic acids is 1. The molecule has 6 nitrogen and oxygen atoms in total. The van der Waals surface area contributed by atoms with E-state index in [4.69, 9.17) is 4.74 Å². The van der Waals surface area contributed by atoms with Crippen LogP contribution in [0.5, 0.6) is 5.75 Å². The van der Waals surface area contributed by atoms with Gasteiger partial charge in [-0.1, -0.05) is 48.5 Å². The van der Waals surface area contributed by atoms with Gasteiger partial charge in [0.15, 0.2) is 0 Å². The van der Waals surface area contributed by atoms with Crippen LogP contribution in [0.2, 0.25) is 0 Å². The monoisotopic (exact) mass is 414 g/mol. The molecule has 156 valence electrons. The number of hydrogen-bond donors (Lipinski definition) is 3. The molecule has 3 aromatic carbocycles. The minimum absolute atomic E-state index is 0.165. The van der Waals surface area contributed by atoms with Crippen LogP contribution in [-0.4, -0.2) is 28.0 Å². The van der Waals surface area contributed by atoms with E-state index in [9.17, 15) is 14.7 Å². The van der Waals surface area contributed by atoms with E-state index in [2.05, 4.69) is 10.3 Å². The van der Waals surface area contributed by atoms with E-state index in [1.165, 1.54) is 0 Å². The molecule has 1 amide bonds. The van der Waals surface area contributed by atoms with Gasteiger partial charge in [0.05, 0.1) is 0 Å². The number of hydrogen-bond acceptors (Lipinski definition) is 3. The Balaban J connectivity index is 1.46. The van der Waals surface area contributed by atoms with Gasteiger partial charge in [-0.15, -0.1) is 0 Å². The zero-order chi connectivity index (χ0) is 21.6. The van der Waals surface area contributed by atoms with Crippen molar-refractivity contribution in [3.8, 4) is 5.75 Å². The summed E-state index contributed by atoms with van der Waals surface area (Å²) in [6.45, 7) is 0.465. The van der Waals surface area contributed by atoms with Crippen molar-refractivity contribution in [1.82, 2.24) is 10.3 Å². The highest BCUT2D eigenvalue weighted by Gasteiger charge is 2.22. The molecule has 3 N–H and O–H groups in total. The molecule has 0 unspecified atom stereocenters. The van der Waals surface area contributed by atoms with E-state index in [1.54, 1.807) is 36.5 Å². The van der Waals surface area contributed by atoms with Crippen molar-refractivity contribution in [2.24, 2.45) is 0 Å². The molecule has 0 aliphatic rings. The summed E-state index contributed by atoms with van der Waals surface area (Å²) in [6, 6.07) is 23.1. The molecule has 0 saturated carbocycles. The Bertz CT molecular complexity index is 1190. The van der Waals surface area contributed by atoms with E-state index < -0.39 is 17.9 Å². The number of carbonyl (C=O) groups is 2. The Morgan fingerprint density at radius 3 is 2.39 bits per heavy atom. The van der Waals surface area contributed by atoms with Gasteiger partial charge in [0.25, 0.3) is 5.91 Å². The van der Waals surface area contributed by atoms with E-state index in [0.717, 1.165) is 27.8 Å². The number of aromatic amines is 1. The second-order valence-electron chi connectivity index (χ2n) is 7.23. The maximum atomic E-state index is 12.4. The second-order valence-corrected chi connectivity index (χ2v) is 7.23. The largest absolute Gasteiger partial charge is 0.489 e. The zero-order valence-electron chi connectivity index (χ0n) is 16.7. The minimum Gasteiger partial charge on any atom is -0.489 e. The number of benzene rings is 3. The fourth-order valence-electron chi connectivity index (χ4n) is 3.42. The Kier molecular flexibility index (Phi) is 5.98. The summed E-state index contributed by atoms with van der Waals surface area (Å²) in [7, 11) is 0. The van der Waals surface area contributed by atoms with Crippen LogP contribution in [0.25, 0.3) is 10.9 Å². The van der Waals surface area contributed by atoms with Crippen molar-refractivity contribution >= 4 is 22.8 Å². The molecule has 1 aromatic heterocycles. The predicted molar refractivity (Wildman–Crippen MR) is 118 cm³/mol. The predicted octanol–water partition coefficient (Wildman–Crippen LogP) is 4.17. The van der Waals surface area contributed by atoms with Crippen LogP contribution in [0.15, 0.2) is 85.1 Å². The lowest BCUT2D eigenvalue weighted by atomic mass is 10.0. The first kappa shape index (κ1) is 20.2.